The molecule has 0 spiro atoms. The number of ether oxygens (including phenoxy) is 1. The van der Waals surface area contributed by atoms with Gasteiger partial charge in [-0.1, -0.05) is 0 Å². The van der Waals surface area contributed by atoms with Crippen LogP contribution in [0.5, 0.6) is 5.88 Å². The number of aryl methyl sites for hydroxylation is 1. The van der Waals surface area contributed by atoms with Crippen molar-refractivity contribution in [3.05, 3.63) is 11.8 Å². The molecule has 0 saturated heterocycles. The largest absolute Gasteiger partial charge is 0.481 e. The molecule has 1 aromatic heterocycles. The number of hydrogen-bond acceptors (Lipinski definition) is 4. The third-order valence-electron chi connectivity index (χ3n) is 1.57. The van der Waals surface area contributed by atoms with Gasteiger partial charge in [-0.2, -0.15) is 10.4 Å². The molecule has 1 aromatic rings. The Morgan fingerprint density at radius 3 is 3.00 bits per heavy atom. The predicted molar refractivity (Wildman–Crippen MR) is 44.3 cm³/mol. The SMILES string of the molecule is COc1cc(C(=O)CC#N)nn1C. The van der Waals surface area contributed by atoms with Gasteiger partial charge in [-0.3, -0.25) is 4.79 Å². The first-order chi connectivity index (χ1) is 6.19. The van der Waals surface area contributed by atoms with Crippen molar-refractivity contribution >= 4 is 5.78 Å². The monoisotopic (exact) mass is 179 g/mol. The van der Waals surface area contributed by atoms with Crippen LogP contribution < -0.4 is 4.74 Å². The van der Waals surface area contributed by atoms with Crippen LogP contribution in [0.1, 0.15) is 16.9 Å². The number of nitrogens with zero attached hydrogens (tertiary/aromatic N) is 3. The van der Waals surface area contributed by atoms with Gasteiger partial charge in [0.15, 0.2) is 5.78 Å². The Morgan fingerprint density at radius 1 is 1.85 bits per heavy atom. The number of carbonyl (C=O) groups excluding carboxylic acids is 1. The second kappa shape index (κ2) is 3.72. The van der Waals surface area contributed by atoms with Crippen LogP contribution in [0.2, 0.25) is 0 Å². The molecule has 0 aromatic carbocycles. The zero-order valence-electron chi connectivity index (χ0n) is 7.44. The lowest BCUT2D eigenvalue weighted by molar-refractivity contribution is 0.0992. The van der Waals surface area contributed by atoms with E-state index in [1.165, 1.54) is 17.9 Å². The Morgan fingerprint density at radius 2 is 2.54 bits per heavy atom. The van der Waals surface area contributed by atoms with E-state index in [4.69, 9.17) is 10.00 Å². The summed E-state index contributed by atoms with van der Waals surface area (Å²) in [6, 6.07) is 3.29. The van der Waals surface area contributed by atoms with Gasteiger partial charge in [0.1, 0.15) is 12.1 Å². The summed E-state index contributed by atoms with van der Waals surface area (Å²) in [5, 5.41) is 12.2. The third-order valence-corrected chi connectivity index (χ3v) is 1.57. The van der Waals surface area contributed by atoms with Gasteiger partial charge in [-0.15, -0.1) is 0 Å². The van der Waals surface area contributed by atoms with Crippen LogP contribution in [0.25, 0.3) is 0 Å². The van der Waals surface area contributed by atoms with Crippen LogP contribution in [0.15, 0.2) is 6.07 Å². The Labute approximate surface area is 75.5 Å². The first-order valence-electron chi connectivity index (χ1n) is 3.67. The summed E-state index contributed by atoms with van der Waals surface area (Å²) in [4.78, 5) is 11.2. The van der Waals surface area contributed by atoms with Crippen LogP contribution in [0.3, 0.4) is 0 Å². The molecule has 1 rings (SSSR count). The first kappa shape index (κ1) is 9.26. The number of methoxy groups -OCH3 is 1. The van der Waals surface area contributed by atoms with E-state index < -0.39 is 0 Å². The van der Waals surface area contributed by atoms with Crippen LogP contribution in [-0.2, 0) is 7.05 Å². The average Bonchev–Trinajstić information content (AvgIpc) is 2.47. The fraction of sp³-hybridized carbons (Fsp3) is 0.375. The Kier molecular flexibility index (Phi) is 2.65. The van der Waals surface area contributed by atoms with Crippen LogP contribution >= 0.6 is 0 Å². The molecular formula is C8H9N3O2. The fourth-order valence-electron chi connectivity index (χ4n) is 0.940. The summed E-state index contributed by atoms with van der Waals surface area (Å²) < 4.78 is 6.37. The van der Waals surface area contributed by atoms with Gasteiger partial charge in [-0.05, 0) is 0 Å². The quantitative estimate of drug-likeness (QED) is 0.634. The number of aromatic nitrogens is 2. The zero-order chi connectivity index (χ0) is 9.84. The molecule has 0 amide bonds. The smallest absolute Gasteiger partial charge is 0.211 e. The van der Waals surface area contributed by atoms with Crippen molar-refractivity contribution in [1.82, 2.24) is 9.78 Å². The van der Waals surface area contributed by atoms with E-state index in [1.807, 2.05) is 0 Å². The van der Waals surface area contributed by atoms with Crippen molar-refractivity contribution in [1.29, 1.82) is 5.26 Å². The molecule has 0 radical (unpaired) electrons. The molecule has 5 heteroatoms. The van der Waals surface area contributed by atoms with Gasteiger partial charge >= 0.3 is 0 Å². The van der Waals surface area contributed by atoms with Crippen molar-refractivity contribution in [2.45, 2.75) is 6.42 Å². The lowest BCUT2D eigenvalue weighted by Gasteiger charge is -1.95. The van der Waals surface area contributed by atoms with E-state index in [-0.39, 0.29) is 17.9 Å². The molecule has 0 aliphatic carbocycles. The summed E-state index contributed by atoms with van der Waals surface area (Å²) in [7, 11) is 3.16. The maximum Gasteiger partial charge on any atom is 0.211 e. The number of hydrogen-bond donors (Lipinski definition) is 0. The van der Waals surface area contributed by atoms with Crippen molar-refractivity contribution in [3.63, 3.8) is 0 Å². The molecule has 0 aliphatic heterocycles. The Balaban J connectivity index is 2.91. The molecule has 68 valence electrons. The van der Waals surface area contributed by atoms with Crippen molar-refractivity contribution < 1.29 is 9.53 Å². The minimum Gasteiger partial charge on any atom is -0.481 e. The molecule has 0 atom stereocenters. The number of ketones is 1. The van der Waals surface area contributed by atoms with Crippen LogP contribution in [0.4, 0.5) is 0 Å². The summed E-state index contributed by atoms with van der Waals surface area (Å²) in [5.41, 5.74) is 0.265. The van der Waals surface area contributed by atoms with Gasteiger partial charge in [0, 0.05) is 13.1 Å². The van der Waals surface area contributed by atoms with Gasteiger partial charge in [0.2, 0.25) is 5.88 Å². The van der Waals surface area contributed by atoms with Gasteiger partial charge < -0.3 is 4.74 Å². The molecule has 0 fully saturated rings. The average molecular weight is 179 g/mol. The topological polar surface area (TPSA) is 67.9 Å². The maximum absolute atomic E-state index is 11.2. The molecule has 13 heavy (non-hydrogen) atoms. The first-order valence-corrected chi connectivity index (χ1v) is 3.67. The van der Waals surface area contributed by atoms with Gasteiger partial charge in [0.05, 0.1) is 13.2 Å². The van der Waals surface area contributed by atoms with Crippen LogP contribution in [0, 0.1) is 11.3 Å². The predicted octanol–water partition coefficient (Wildman–Crippen LogP) is 0.525. The van der Waals surface area contributed by atoms with Crippen molar-refractivity contribution in [2.24, 2.45) is 7.05 Å². The molecule has 5 nitrogen and oxygen atoms in total. The lowest BCUT2D eigenvalue weighted by atomic mass is 10.2. The second-order valence-corrected chi connectivity index (χ2v) is 2.45. The van der Waals surface area contributed by atoms with Gasteiger partial charge in [-0.25, -0.2) is 4.68 Å². The van der Waals surface area contributed by atoms with E-state index in [1.54, 1.807) is 13.1 Å². The fourth-order valence-corrected chi connectivity index (χ4v) is 0.940. The van der Waals surface area contributed by atoms with E-state index >= 15 is 0 Å². The molecule has 0 bridgehead atoms. The highest BCUT2D eigenvalue weighted by molar-refractivity contribution is 5.95. The Bertz CT molecular complexity index is 362. The molecule has 0 saturated carbocycles. The molecule has 0 N–H and O–H groups in total. The molecule has 0 aliphatic rings. The number of rotatable bonds is 3. The standard InChI is InChI=1S/C8H9N3O2/c1-11-8(13-2)5-6(10-11)7(12)3-4-9/h5H,3H2,1-2H3. The normalized spacial score (nSPS) is 9.31. The van der Waals surface area contributed by atoms with E-state index in [0.29, 0.717) is 5.88 Å². The Hall–Kier alpha value is -1.83. The molecular weight excluding hydrogens is 170 g/mol. The molecule has 0 unspecified atom stereocenters. The minimum absolute atomic E-state index is 0.153. The summed E-state index contributed by atoms with van der Waals surface area (Å²) in [5.74, 6) is 0.211. The number of nitriles is 1. The summed E-state index contributed by atoms with van der Waals surface area (Å²) in [6.45, 7) is 0. The summed E-state index contributed by atoms with van der Waals surface area (Å²) in [6.07, 6.45) is -0.153. The highest BCUT2D eigenvalue weighted by Crippen LogP contribution is 2.12. The number of Topliss-reactive ketones (excluding diaryl/α,β-unsaturated/α-hetero) is 1. The van der Waals surface area contributed by atoms with Crippen molar-refractivity contribution in [2.75, 3.05) is 7.11 Å². The van der Waals surface area contributed by atoms with Crippen LogP contribution in [-0.4, -0.2) is 22.7 Å². The van der Waals surface area contributed by atoms with Crippen molar-refractivity contribution in [3.8, 4) is 11.9 Å². The lowest BCUT2D eigenvalue weighted by Crippen LogP contribution is -2.00. The van der Waals surface area contributed by atoms with E-state index in [9.17, 15) is 4.79 Å². The highest BCUT2D eigenvalue weighted by atomic mass is 16.5. The summed E-state index contributed by atoms with van der Waals surface area (Å²) >= 11 is 0. The molecule has 1 heterocycles. The zero-order valence-corrected chi connectivity index (χ0v) is 7.44. The van der Waals surface area contributed by atoms with E-state index in [0.717, 1.165) is 0 Å². The number of carbonyl (C=O) groups is 1. The highest BCUT2D eigenvalue weighted by Gasteiger charge is 2.11. The second-order valence-electron chi connectivity index (χ2n) is 2.45. The van der Waals surface area contributed by atoms with E-state index in [2.05, 4.69) is 5.10 Å². The third kappa shape index (κ3) is 1.85. The maximum atomic E-state index is 11.2. The van der Waals surface area contributed by atoms with Gasteiger partial charge in [0.25, 0.3) is 0 Å². The minimum atomic E-state index is -0.290.